The Morgan fingerprint density at radius 1 is 1.25 bits per heavy atom. The zero-order valence-corrected chi connectivity index (χ0v) is 9.32. The molecule has 3 heteroatoms. The molecule has 3 nitrogen and oxygen atoms in total. The molecule has 0 spiro atoms. The van der Waals surface area contributed by atoms with Gasteiger partial charge in [0.15, 0.2) is 0 Å². The highest BCUT2D eigenvalue weighted by Gasteiger charge is 2.22. The molecule has 2 N–H and O–H groups in total. The number of aromatic nitrogens is 2. The first-order chi connectivity index (χ1) is 7.86. The Labute approximate surface area is 94.7 Å². The van der Waals surface area contributed by atoms with Crippen molar-refractivity contribution in [1.29, 1.82) is 0 Å². The van der Waals surface area contributed by atoms with Gasteiger partial charge in [0.1, 0.15) is 6.20 Å². The zero-order chi connectivity index (χ0) is 11.0. The lowest BCUT2D eigenvalue weighted by Gasteiger charge is -2.20. The van der Waals surface area contributed by atoms with Gasteiger partial charge >= 0.3 is 5.65 Å². The molecule has 3 rings (SSSR count). The molecule has 2 aromatic rings. The normalized spacial score (nSPS) is 18.0. The molecule has 0 atom stereocenters. The maximum absolute atomic E-state index is 9.67. The third-order valence-corrected chi connectivity index (χ3v) is 3.69. The number of pyridine rings is 1. The monoisotopic (exact) mass is 217 g/mol. The van der Waals surface area contributed by atoms with Gasteiger partial charge in [-0.25, -0.2) is 4.98 Å². The SMILES string of the molecule is O[n+]1cccc2c(C3CCCCC3)c[nH]c21. The van der Waals surface area contributed by atoms with Crippen molar-refractivity contribution in [2.24, 2.45) is 0 Å². The maximum Gasteiger partial charge on any atom is 0.326 e. The molecule has 1 aliphatic rings. The van der Waals surface area contributed by atoms with E-state index in [2.05, 4.69) is 17.2 Å². The van der Waals surface area contributed by atoms with Crippen molar-refractivity contribution in [1.82, 2.24) is 4.98 Å². The van der Waals surface area contributed by atoms with Gasteiger partial charge in [-0.15, -0.1) is 0 Å². The van der Waals surface area contributed by atoms with E-state index in [1.54, 1.807) is 6.20 Å². The summed E-state index contributed by atoms with van der Waals surface area (Å²) in [6, 6.07) is 3.98. The van der Waals surface area contributed by atoms with E-state index in [0.29, 0.717) is 5.92 Å². The largest absolute Gasteiger partial charge is 0.350 e. The molecule has 2 aromatic heterocycles. The van der Waals surface area contributed by atoms with Gasteiger partial charge in [-0.2, -0.15) is 0 Å². The van der Waals surface area contributed by atoms with Gasteiger partial charge in [0.05, 0.1) is 11.6 Å². The summed E-state index contributed by atoms with van der Waals surface area (Å²) in [6.07, 6.45) is 10.3. The molecule has 84 valence electrons. The minimum absolute atomic E-state index is 0.671. The van der Waals surface area contributed by atoms with Crippen LogP contribution in [0.1, 0.15) is 43.6 Å². The van der Waals surface area contributed by atoms with Gasteiger partial charge in [-0.3, -0.25) is 0 Å². The van der Waals surface area contributed by atoms with Gasteiger partial charge in [0.2, 0.25) is 0 Å². The predicted molar refractivity (Wildman–Crippen MR) is 61.5 cm³/mol. The molecule has 0 amide bonds. The van der Waals surface area contributed by atoms with Crippen LogP contribution in [0, 0.1) is 0 Å². The van der Waals surface area contributed by atoms with Crippen LogP contribution in [0.25, 0.3) is 11.0 Å². The number of nitrogens with zero attached hydrogens (tertiary/aromatic N) is 1. The Morgan fingerprint density at radius 3 is 2.88 bits per heavy atom. The van der Waals surface area contributed by atoms with Crippen LogP contribution < -0.4 is 4.73 Å². The summed E-state index contributed by atoms with van der Waals surface area (Å²) in [7, 11) is 0. The molecule has 0 unspecified atom stereocenters. The van der Waals surface area contributed by atoms with Crippen LogP contribution in [-0.2, 0) is 0 Å². The first-order valence-corrected chi connectivity index (χ1v) is 6.07. The highest BCUT2D eigenvalue weighted by molar-refractivity contribution is 5.77. The van der Waals surface area contributed by atoms with Gasteiger partial charge in [0.25, 0.3) is 0 Å². The number of hydrogen-bond acceptors (Lipinski definition) is 1. The van der Waals surface area contributed by atoms with Crippen molar-refractivity contribution in [2.45, 2.75) is 38.0 Å². The first kappa shape index (κ1) is 9.70. The molecule has 0 radical (unpaired) electrons. The quantitative estimate of drug-likeness (QED) is 0.559. The standard InChI is InChI=1S/C13H16N2O/c16-15-8-4-7-11-12(9-14-13(11)15)10-5-2-1-3-6-10/h4,7-10,16H,1-3,5-6H2/p+1. The summed E-state index contributed by atoms with van der Waals surface area (Å²) in [5.41, 5.74) is 2.18. The number of hydrogen-bond donors (Lipinski definition) is 2. The number of fused-ring (bicyclic) bond motifs is 1. The second kappa shape index (κ2) is 3.81. The fraction of sp³-hybridized carbons (Fsp3) is 0.462. The number of rotatable bonds is 1. The van der Waals surface area contributed by atoms with Crippen LogP contribution in [0.15, 0.2) is 24.5 Å². The van der Waals surface area contributed by atoms with E-state index in [9.17, 15) is 5.21 Å². The Morgan fingerprint density at radius 2 is 2.06 bits per heavy atom. The minimum atomic E-state index is 0.671. The van der Waals surface area contributed by atoms with Crippen molar-refractivity contribution in [3.05, 3.63) is 30.1 Å². The molecule has 1 aliphatic carbocycles. The molecule has 1 fully saturated rings. The summed E-state index contributed by atoms with van der Waals surface area (Å²) in [5.74, 6) is 0.671. The highest BCUT2D eigenvalue weighted by Crippen LogP contribution is 2.35. The first-order valence-electron chi connectivity index (χ1n) is 6.07. The molecule has 0 saturated heterocycles. The predicted octanol–water partition coefficient (Wildman–Crippen LogP) is 2.74. The van der Waals surface area contributed by atoms with Crippen LogP contribution >= 0.6 is 0 Å². The smallest absolute Gasteiger partial charge is 0.326 e. The Kier molecular flexibility index (Phi) is 2.31. The summed E-state index contributed by atoms with van der Waals surface area (Å²) in [4.78, 5) is 3.17. The van der Waals surface area contributed by atoms with Crippen molar-refractivity contribution < 1.29 is 9.94 Å². The number of nitrogens with one attached hydrogen (secondary N) is 1. The molecule has 2 heterocycles. The van der Waals surface area contributed by atoms with E-state index < -0.39 is 0 Å². The molecule has 1 saturated carbocycles. The van der Waals surface area contributed by atoms with Crippen molar-refractivity contribution in [3.8, 4) is 0 Å². The van der Waals surface area contributed by atoms with Gasteiger partial charge in [-0.1, -0.05) is 24.0 Å². The van der Waals surface area contributed by atoms with Crippen molar-refractivity contribution in [2.75, 3.05) is 0 Å². The summed E-state index contributed by atoms with van der Waals surface area (Å²) < 4.78 is 1.17. The Bertz CT molecular complexity index is 498. The van der Waals surface area contributed by atoms with E-state index in [1.807, 2.05) is 6.07 Å². The van der Waals surface area contributed by atoms with Gasteiger partial charge in [-0.05, 0) is 30.9 Å². The molecule has 0 aliphatic heterocycles. The van der Waals surface area contributed by atoms with Crippen LogP contribution in [0.3, 0.4) is 0 Å². The van der Waals surface area contributed by atoms with Crippen LogP contribution in [0.4, 0.5) is 0 Å². The average molecular weight is 217 g/mol. The van der Waals surface area contributed by atoms with E-state index in [0.717, 1.165) is 11.0 Å². The van der Waals surface area contributed by atoms with E-state index in [-0.39, 0.29) is 0 Å². The van der Waals surface area contributed by atoms with Gasteiger partial charge in [0, 0.05) is 5.56 Å². The highest BCUT2D eigenvalue weighted by atomic mass is 16.5. The van der Waals surface area contributed by atoms with Crippen LogP contribution in [0.2, 0.25) is 0 Å². The third-order valence-electron chi connectivity index (χ3n) is 3.69. The number of H-pyrrole nitrogens is 1. The van der Waals surface area contributed by atoms with E-state index in [4.69, 9.17) is 0 Å². The second-order valence-corrected chi connectivity index (χ2v) is 4.69. The van der Waals surface area contributed by atoms with E-state index in [1.165, 1.54) is 42.4 Å². The molecular formula is C13H17N2O+. The molecule has 0 aromatic carbocycles. The minimum Gasteiger partial charge on any atom is -0.350 e. The third kappa shape index (κ3) is 1.47. The Balaban J connectivity index is 2.06. The lowest BCUT2D eigenvalue weighted by molar-refractivity contribution is -0.885. The van der Waals surface area contributed by atoms with Gasteiger partial charge < -0.3 is 5.21 Å². The van der Waals surface area contributed by atoms with Crippen molar-refractivity contribution in [3.63, 3.8) is 0 Å². The fourth-order valence-corrected chi connectivity index (χ4v) is 2.85. The van der Waals surface area contributed by atoms with Crippen LogP contribution in [0.5, 0.6) is 0 Å². The average Bonchev–Trinajstić information content (AvgIpc) is 2.75. The lowest BCUT2D eigenvalue weighted by atomic mass is 9.84. The second-order valence-electron chi connectivity index (χ2n) is 4.69. The topological polar surface area (TPSA) is 39.9 Å². The summed E-state index contributed by atoms with van der Waals surface area (Å²) >= 11 is 0. The summed E-state index contributed by atoms with van der Waals surface area (Å²) in [5, 5.41) is 10.8. The molecule has 16 heavy (non-hydrogen) atoms. The maximum atomic E-state index is 9.67. The summed E-state index contributed by atoms with van der Waals surface area (Å²) in [6.45, 7) is 0. The van der Waals surface area contributed by atoms with Crippen molar-refractivity contribution >= 4 is 11.0 Å². The molecule has 0 bridgehead atoms. The fourth-order valence-electron chi connectivity index (χ4n) is 2.85. The lowest BCUT2D eigenvalue weighted by Crippen LogP contribution is -2.30. The zero-order valence-electron chi connectivity index (χ0n) is 9.32. The number of aromatic amines is 1. The molecular weight excluding hydrogens is 200 g/mol. The van der Waals surface area contributed by atoms with E-state index >= 15 is 0 Å². The van der Waals surface area contributed by atoms with Crippen LogP contribution in [-0.4, -0.2) is 10.2 Å². The Hall–Kier alpha value is -1.51.